The molecule has 0 spiro atoms. The van der Waals surface area contributed by atoms with E-state index in [1.54, 1.807) is 0 Å². The van der Waals surface area contributed by atoms with Crippen LogP contribution < -0.4 is 0 Å². The highest BCUT2D eigenvalue weighted by molar-refractivity contribution is 6.19. The molecule has 0 aliphatic heterocycles. The molecule has 0 fully saturated rings. The summed E-state index contributed by atoms with van der Waals surface area (Å²) in [6.07, 6.45) is 0. The lowest BCUT2D eigenvalue weighted by Gasteiger charge is -2.11. The van der Waals surface area contributed by atoms with Gasteiger partial charge in [0.15, 0.2) is 11.6 Å². The first-order valence-corrected chi connectivity index (χ1v) is 15.5. The number of fused-ring (bicyclic) bond motifs is 6. The highest BCUT2D eigenvalue weighted by Crippen LogP contribution is 2.40. The van der Waals surface area contributed by atoms with Gasteiger partial charge in [-0.05, 0) is 62.4 Å². The highest BCUT2D eigenvalue weighted by atomic mass is 15.2. The number of para-hydroxylation sites is 1. The SMILES string of the molecule is Cc1ccc2c(c1)c1cc3c(cc1n2-c1ccccc1)c1cc(C)ccc1n3-c1nc(-c2ccccc2)nc(-c2ccccc2)n1. The Morgan fingerprint density at radius 3 is 1.35 bits per heavy atom. The molecule has 5 heteroatoms. The summed E-state index contributed by atoms with van der Waals surface area (Å²) in [7, 11) is 0. The lowest BCUT2D eigenvalue weighted by atomic mass is 10.1. The second kappa shape index (κ2) is 10.2. The first-order valence-electron chi connectivity index (χ1n) is 15.5. The molecule has 9 rings (SSSR count). The number of aromatic nitrogens is 5. The molecule has 0 saturated carbocycles. The molecule has 0 bridgehead atoms. The van der Waals surface area contributed by atoms with Crippen LogP contribution in [0.3, 0.4) is 0 Å². The van der Waals surface area contributed by atoms with Crippen LogP contribution in [0.4, 0.5) is 0 Å². The Kier molecular flexibility index (Phi) is 5.87. The third-order valence-electron chi connectivity index (χ3n) is 8.86. The van der Waals surface area contributed by atoms with Crippen LogP contribution >= 0.6 is 0 Å². The van der Waals surface area contributed by atoms with Gasteiger partial charge in [0.05, 0.1) is 22.1 Å². The third kappa shape index (κ3) is 4.13. The van der Waals surface area contributed by atoms with Gasteiger partial charge in [0.2, 0.25) is 5.95 Å². The predicted molar refractivity (Wildman–Crippen MR) is 189 cm³/mol. The van der Waals surface area contributed by atoms with Crippen molar-refractivity contribution < 1.29 is 0 Å². The molecular formula is C41H29N5. The monoisotopic (exact) mass is 591 g/mol. The smallest absolute Gasteiger partial charge is 0.238 e. The maximum Gasteiger partial charge on any atom is 0.238 e. The summed E-state index contributed by atoms with van der Waals surface area (Å²) in [6.45, 7) is 4.30. The van der Waals surface area contributed by atoms with Crippen LogP contribution in [0.5, 0.6) is 0 Å². The van der Waals surface area contributed by atoms with Crippen molar-refractivity contribution in [3.63, 3.8) is 0 Å². The van der Waals surface area contributed by atoms with Crippen LogP contribution in [-0.2, 0) is 0 Å². The highest BCUT2D eigenvalue weighted by Gasteiger charge is 2.21. The second-order valence-corrected chi connectivity index (χ2v) is 11.9. The molecule has 0 radical (unpaired) electrons. The largest absolute Gasteiger partial charge is 0.309 e. The van der Waals surface area contributed by atoms with Crippen LogP contribution in [0.1, 0.15) is 11.1 Å². The van der Waals surface area contributed by atoms with E-state index in [1.165, 1.54) is 38.3 Å². The summed E-state index contributed by atoms with van der Waals surface area (Å²) >= 11 is 0. The van der Waals surface area contributed by atoms with Gasteiger partial charge in [-0.2, -0.15) is 9.97 Å². The normalized spacial score (nSPS) is 11.7. The van der Waals surface area contributed by atoms with Crippen molar-refractivity contribution in [2.75, 3.05) is 0 Å². The minimum Gasteiger partial charge on any atom is -0.309 e. The molecule has 0 aliphatic carbocycles. The van der Waals surface area contributed by atoms with Gasteiger partial charge >= 0.3 is 0 Å². The van der Waals surface area contributed by atoms with E-state index < -0.39 is 0 Å². The first-order chi connectivity index (χ1) is 22.6. The molecule has 0 atom stereocenters. The van der Waals surface area contributed by atoms with Crippen LogP contribution in [0.2, 0.25) is 0 Å². The van der Waals surface area contributed by atoms with E-state index in [-0.39, 0.29) is 0 Å². The zero-order valence-corrected chi connectivity index (χ0v) is 25.5. The van der Waals surface area contributed by atoms with Crippen molar-refractivity contribution in [1.29, 1.82) is 0 Å². The van der Waals surface area contributed by atoms with Crippen LogP contribution in [0.25, 0.3) is 78.0 Å². The van der Waals surface area contributed by atoms with Gasteiger partial charge < -0.3 is 4.57 Å². The summed E-state index contributed by atoms with van der Waals surface area (Å²) in [5, 5.41) is 4.74. The number of nitrogens with zero attached hydrogens (tertiary/aromatic N) is 5. The Labute approximate surface area is 266 Å². The number of hydrogen-bond donors (Lipinski definition) is 0. The molecule has 0 saturated heterocycles. The molecule has 3 aromatic heterocycles. The van der Waals surface area contributed by atoms with Crippen molar-refractivity contribution in [2.24, 2.45) is 0 Å². The predicted octanol–water partition coefficient (Wildman–Crippen LogP) is 10.0. The molecule has 0 unspecified atom stereocenters. The topological polar surface area (TPSA) is 48.5 Å². The lowest BCUT2D eigenvalue weighted by Crippen LogP contribution is -2.06. The third-order valence-corrected chi connectivity index (χ3v) is 8.86. The summed E-state index contributed by atoms with van der Waals surface area (Å²) in [5.74, 6) is 1.88. The average Bonchev–Trinajstić information content (AvgIpc) is 3.59. The standard InChI is InChI=1S/C41H29N5/c1-26-18-20-35-31(22-26)33-25-38-34(24-37(33)45(35)30-16-10-5-11-17-30)32-23-27(2)19-21-36(32)46(38)41-43-39(28-12-6-3-7-13-28)42-40(44-41)29-14-8-4-9-15-29/h3-25H,1-2H3. The molecule has 9 aromatic rings. The molecular weight excluding hydrogens is 562 g/mol. The molecule has 5 nitrogen and oxygen atoms in total. The van der Waals surface area contributed by atoms with Gasteiger partial charge in [0, 0.05) is 38.4 Å². The number of benzene rings is 6. The Balaban J connectivity index is 1.42. The molecule has 218 valence electrons. The van der Waals surface area contributed by atoms with Gasteiger partial charge in [0.1, 0.15) is 0 Å². The van der Waals surface area contributed by atoms with Gasteiger partial charge in [-0.15, -0.1) is 0 Å². The van der Waals surface area contributed by atoms with Crippen molar-refractivity contribution in [3.05, 3.63) is 151 Å². The van der Waals surface area contributed by atoms with E-state index in [0.29, 0.717) is 17.6 Å². The van der Waals surface area contributed by atoms with E-state index >= 15 is 0 Å². The number of hydrogen-bond acceptors (Lipinski definition) is 3. The van der Waals surface area contributed by atoms with Crippen molar-refractivity contribution in [1.82, 2.24) is 24.1 Å². The maximum absolute atomic E-state index is 5.14. The van der Waals surface area contributed by atoms with Crippen LogP contribution in [-0.4, -0.2) is 24.1 Å². The summed E-state index contributed by atoms with van der Waals surface area (Å²) in [4.78, 5) is 15.2. The molecule has 0 amide bonds. The molecule has 46 heavy (non-hydrogen) atoms. The minimum absolute atomic E-state index is 0.596. The fraction of sp³-hybridized carbons (Fsp3) is 0.0488. The summed E-state index contributed by atoms with van der Waals surface area (Å²) in [5.41, 5.74) is 9.95. The minimum atomic E-state index is 0.596. The number of rotatable bonds is 4. The molecule has 6 aromatic carbocycles. The molecule has 3 heterocycles. The fourth-order valence-electron chi connectivity index (χ4n) is 6.73. The Morgan fingerprint density at radius 2 is 0.826 bits per heavy atom. The van der Waals surface area contributed by atoms with Crippen molar-refractivity contribution in [2.45, 2.75) is 13.8 Å². The number of aryl methyl sites for hydroxylation is 2. The lowest BCUT2D eigenvalue weighted by molar-refractivity contribution is 0.953. The quantitative estimate of drug-likeness (QED) is 0.205. The van der Waals surface area contributed by atoms with E-state index in [9.17, 15) is 0 Å². The van der Waals surface area contributed by atoms with E-state index in [0.717, 1.165) is 33.2 Å². The summed E-state index contributed by atoms with van der Waals surface area (Å²) < 4.78 is 4.60. The summed E-state index contributed by atoms with van der Waals surface area (Å²) in [6, 6.07) is 49.0. The van der Waals surface area contributed by atoms with E-state index in [4.69, 9.17) is 15.0 Å². The Morgan fingerprint density at radius 1 is 0.391 bits per heavy atom. The van der Waals surface area contributed by atoms with Gasteiger partial charge in [-0.25, -0.2) is 4.98 Å². The molecule has 0 N–H and O–H groups in total. The average molecular weight is 592 g/mol. The van der Waals surface area contributed by atoms with Crippen molar-refractivity contribution >= 4 is 43.6 Å². The van der Waals surface area contributed by atoms with Crippen molar-refractivity contribution in [3.8, 4) is 34.4 Å². The maximum atomic E-state index is 5.14. The fourth-order valence-corrected chi connectivity index (χ4v) is 6.73. The molecule has 0 aliphatic rings. The zero-order valence-electron chi connectivity index (χ0n) is 25.5. The Hall–Kier alpha value is -6.07. The Bertz CT molecular complexity index is 2520. The van der Waals surface area contributed by atoms with Crippen LogP contribution in [0.15, 0.2) is 140 Å². The van der Waals surface area contributed by atoms with Gasteiger partial charge in [0.25, 0.3) is 0 Å². The van der Waals surface area contributed by atoms with Crippen LogP contribution in [0, 0.1) is 13.8 Å². The van der Waals surface area contributed by atoms with E-state index in [2.05, 4.69) is 102 Å². The first kappa shape index (κ1) is 26.3. The second-order valence-electron chi connectivity index (χ2n) is 11.9. The van der Waals surface area contributed by atoms with Gasteiger partial charge in [-0.1, -0.05) is 102 Å². The zero-order chi connectivity index (χ0) is 30.8. The van der Waals surface area contributed by atoms with E-state index in [1.807, 2.05) is 60.7 Å². The van der Waals surface area contributed by atoms with Gasteiger partial charge in [-0.3, -0.25) is 4.57 Å².